The molecule has 1 aliphatic rings. The number of pyridine rings is 1. The van der Waals surface area contributed by atoms with Crippen molar-refractivity contribution in [2.24, 2.45) is 5.92 Å². The minimum atomic E-state index is -0.0706. The van der Waals surface area contributed by atoms with Gasteiger partial charge in [0, 0.05) is 30.9 Å². The van der Waals surface area contributed by atoms with E-state index in [1.807, 2.05) is 30.3 Å². The van der Waals surface area contributed by atoms with Crippen molar-refractivity contribution in [2.75, 3.05) is 18.4 Å². The largest absolute Gasteiger partial charge is 0.352 e. The molecule has 0 aliphatic carbocycles. The van der Waals surface area contributed by atoms with Crippen LogP contribution in [0.2, 0.25) is 0 Å². The van der Waals surface area contributed by atoms with Gasteiger partial charge in [0.15, 0.2) is 0 Å². The van der Waals surface area contributed by atoms with Gasteiger partial charge in [0.2, 0.25) is 5.91 Å². The van der Waals surface area contributed by atoms with Crippen LogP contribution in [0, 0.1) is 10.6 Å². The topological polar surface area (TPSA) is 65.2 Å². The molecule has 2 amide bonds. The molecule has 1 saturated heterocycles. The lowest BCUT2D eigenvalue weighted by molar-refractivity contribution is -0.121. The number of likely N-dealkylation sites (tertiary alicyclic amines) is 1. The van der Waals surface area contributed by atoms with Crippen LogP contribution in [0.4, 0.5) is 5.69 Å². The van der Waals surface area contributed by atoms with E-state index in [9.17, 15) is 9.59 Å². The van der Waals surface area contributed by atoms with Crippen LogP contribution in [-0.2, 0) is 4.79 Å². The predicted molar refractivity (Wildman–Crippen MR) is 95.3 cm³/mol. The van der Waals surface area contributed by atoms with E-state index >= 15 is 0 Å². The molecule has 0 bridgehead atoms. The molecule has 0 radical (unpaired) electrons. The average molecular weight is 341 g/mol. The van der Waals surface area contributed by atoms with E-state index in [4.69, 9.17) is 12.2 Å². The number of nitrogens with one attached hydrogen (secondary N) is 2. The molecular formula is C18H19N3O2S. The smallest absolute Gasteiger partial charge is 0.256 e. The summed E-state index contributed by atoms with van der Waals surface area (Å²) in [5.41, 5.74) is 1.32. The Kier molecular flexibility index (Phi) is 5.05. The van der Waals surface area contributed by atoms with Gasteiger partial charge in [0.05, 0.1) is 5.56 Å². The van der Waals surface area contributed by atoms with Gasteiger partial charge < -0.3 is 15.2 Å². The van der Waals surface area contributed by atoms with Crippen molar-refractivity contribution in [1.82, 2.24) is 9.88 Å². The molecular weight excluding hydrogens is 322 g/mol. The van der Waals surface area contributed by atoms with Crippen molar-refractivity contribution in [3.63, 3.8) is 0 Å². The third kappa shape index (κ3) is 3.71. The number of para-hydroxylation sites is 1. The Morgan fingerprint density at radius 2 is 1.79 bits per heavy atom. The highest BCUT2D eigenvalue weighted by Gasteiger charge is 2.28. The lowest BCUT2D eigenvalue weighted by Crippen LogP contribution is -2.41. The number of aromatic nitrogens is 1. The Bertz CT molecular complexity index is 780. The van der Waals surface area contributed by atoms with Crippen molar-refractivity contribution < 1.29 is 9.59 Å². The fourth-order valence-electron chi connectivity index (χ4n) is 2.87. The average Bonchev–Trinajstić information content (AvgIpc) is 2.62. The monoisotopic (exact) mass is 341 g/mol. The number of piperidine rings is 1. The second-order valence-corrected chi connectivity index (χ2v) is 6.24. The molecule has 1 aromatic heterocycles. The molecule has 5 nitrogen and oxygen atoms in total. The van der Waals surface area contributed by atoms with Gasteiger partial charge in [-0.15, -0.1) is 0 Å². The van der Waals surface area contributed by atoms with Crippen LogP contribution in [-0.4, -0.2) is 34.8 Å². The summed E-state index contributed by atoms with van der Waals surface area (Å²) in [5.74, 6) is -0.122. The van der Waals surface area contributed by atoms with Crippen LogP contribution in [0.1, 0.15) is 23.2 Å². The normalized spacial score (nSPS) is 15.1. The Morgan fingerprint density at radius 3 is 2.46 bits per heavy atom. The minimum absolute atomic E-state index is 0.0188. The number of H-pyrrole nitrogens is 1. The number of rotatable bonds is 3. The van der Waals surface area contributed by atoms with Crippen LogP contribution >= 0.6 is 12.2 Å². The first-order valence-corrected chi connectivity index (χ1v) is 8.39. The fourth-order valence-corrected chi connectivity index (χ4v) is 3.09. The number of nitrogens with zero attached hydrogens (tertiary/aromatic N) is 1. The predicted octanol–water partition coefficient (Wildman–Crippen LogP) is 3.24. The molecule has 2 N–H and O–H groups in total. The third-order valence-corrected chi connectivity index (χ3v) is 4.58. The highest BCUT2D eigenvalue weighted by molar-refractivity contribution is 7.71. The third-order valence-electron chi connectivity index (χ3n) is 4.24. The van der Waals surface area contributed by atoms with Crippen LogP contribution in [0.15, 0.2) is 48.7 Å². The SMILES string of the molecule is O=C(Nc1ccccc1)C1CCN(C(=O)c2ccc[nH]c2=S)CC1. The van der Waals surface area contributed by atoms with E-state index in [1.54, 1.807) is 23.2 Å². The summed E-state index contributed by atoms with van der Waals surface area (Å²) in [7, 11) is 0. The Balaban J connectivity index is 1.58. The number of hydrogen-bond acceptors (Lipinski definition) is 3. The van der Waals surface area contributed by atoms with Crippen molar-refractivity contribution in [3.8, 4) is 0 Å². The lowest BCUT2D eigenvalue weighted by Gasteiger charge is -2.31. The van der Waals surface area contributed by atoms with Crippen molar-refractivity contribution in [2.45, 2.75) is 12.8 Å². The Morgan fingerprint density at radius 1 is 1.08 bits per heavy atom. The maximum absolute atomic E-state index is 12.5. The van der Waals surface area contributed by atoms with Gasteiger partial charge in [-0.3, -0.25) is 9.59 Å². The van der Waals surface area contributed by atoms with Gasteiger partial charge in [0.25, 0.3) is 5.91 Å². The van der Waals surface area contributed by atoms with Crippen LogP contribution in [0.5, 0.6) is 0 Å². The zero-order chi connectivity index (χ0) is 16.9. The van der Waals surface area contributed by atoms with Crippen LogP contribution in [0.25, 0.3) is 0 Å². The number of aromatic amines is 1. The van der Waals surface area contributed by atoms with Crippen LogP contribution < -0.4 is 5.32 Å². The maximum Gasteiger partial charge on any atom is 0.256 e. The molecule has 3 rings (SSSR count). The lowest BCUT2D eigenvalue weighted by atomic mass is 9.95. The first-order valence-electron chi connectivity index (χ1n) is 7.98. The number of anilines is 1. The molecule has 1 aromatic carbocycles. The second-order valence-electron chi connectivity index (χ2n) is 5.83. The zero-order valence-electron chi connectivity index (χ0n) is 13.2. The van der Waals surface area contributed by atoms with Crippen molar-refractivity contribution in [3.05, 3.63) is 58.9 Å². The summed E-state index contributed by atoms with van der Waals surface area (Å²) < 4.78 is 0.450. The van der Waals surface area contributed by atoms with Crippen molar-refractivity contribution in [1.29, 1.82) is 0 Å². The Hall–Kier alpha value is -2.47. The van der Waals surface area contributed by atoms with E-state index in [2.05, 4.69) is 10.3 Å². The summed E-state index contributed by atoms with van der Waals surface area (Å²) in [6.45, 7) is 1.13. The number of carbonyl (C=O) groups excluding carboxylic acids is 2. The van der Waals surface area contributed by atoms with Crippen LogP contribution in [0.3, 0.4) is 0 Å². The van der Waals surface area contributed by atoms with E-state index < -0.39 is 0 Å². The van der Waals surface area contributed by atoms with Gasteiger partial charge >= 0.3 is 0 Å². The molecule has 2 aromatic rings. The molecule has 24 heavy (non-hydrogen) atoms. The molecule has 124 valence electrons. The zero-order valence-corrected chi connectivity index (χ0v) is 14.0. The second kappa shape index (κ2) is 7.40. The van der Waals surface area contributed by atoms with E-state index in [-0.39, 0.29) is 17.7 Å². The molecule has 1 aliphatic heterocycles. The number of carbonyl (C=O) groups is 2. The minimum Gasteiger partial charge on any atom is -0.352 e. The van der Waals surface area contributed by atoms with E-state index in [0.29, 0.717) is 36.1 Å². The van der Waals surface area contributed by atoms with Gasteiger partial charge in [-0.2, -0.15) is 0 Å². The van der Waals surface area contributed by atoms with Gasteiger partial charge in [-0.1, -0.05) is 30.4 Å². The summed E-state index contributed by atoms with van der Waals surface area (Å²) >= 11 is 5.17. The van der Waals surface area contributed by atoms with Gasteiger partial charge in [-0.25, -0.2) is 0 Å². The molecule has 1 fully saturated rings. The maximum atomic E-state index is 12.5. The quantitative estimate of drug-likeness (QED) is 0.843. The number of amides is 2. The fraction of sp³-hybridized carbons (Fsp3) is 0.278. The molecule has 6 heteroatoms. The molecule has 0 unspecified atom stereocenters. The van der Waals surface area contributed by atoms with Gasteiger partial charge in [0.1, 0.15) is 4.64 Å². The Labute approximate surface area is 145 Å². The first-order chi connectivity index (χ1) is 11.6. The molecule has 2 heterocycles. The van der Waals surface area contributed by atoms with E-state index in [1.165, 1.54) is 0 Å². The summed E-state index contributed by atoms with van der Waals surface area (Å²) in [4.78, 5) is 29.5. The highest BCUT2D eigenvalue weighted by atomic mass is 32.1. The van der Waals surface area contributed by atoms with Crippen molar-refractivity contribution >= 4 is 29.7 Å². The van der Waals surface area contributed by atoms with Gasteiger partial charge in [-0.05, 0) is 37.1 Å². The number of benzene rings is 1. The number of hydrogen-bond donors (Lipinski definition) is 2. The summed E-state index contributed by atoms with van der Waals surface area (Å²) in [6.07, 6.45) is 3.03. The standard InChI is InChI=1S/C18H19N3O2S/c22-16(20-14-5-2-1-3-6-14)13-8-11-21(12-9-13)18(23)15-7-4-10-19-17(15)24/h1-7,10,13H,8-9,11-12H2,(H,19,24)(H,20,22). The summed E-state index contributed by atoms with van der Waals surface area (Å²) in [6, 6.07) is 12.9. The molecule has 0 saturated carbocycles. The molecule has 0 spiro atoms. The first kappa shape index (κ1) is 16.4. The van der Waals surface area contributed by atoms with E-state index in [0.717, 1.165) is 5.69 Å². The molecule has 0 atom stereocenters. The summed E-state index contributed by atoms with van der Waals surface area (Å²) in [5, 5.41) is 2.93. The highest BCUT2D eigenvalue weighted by Crippen LogP contribution is 2.21.